The van der Waals surface area contributed by atoms with E-state index >= 15 is 0 Å². The number of rotatable bonds is 3. The Balaban J connectivity index is 1.86. The van der Waals surface area contributed by atoms with E-state index in [1.165, 1.54) is 0 Å². The minimum Gasteiger partial charge on any atom is -0.452 e. The molecule has 0 amide bonds. The summed E-state index contributed by atoms with van der Waals surface area (Å²) in [5, 5.41) is 0.579. The first-order valence-corrected chi connectivity index (χ1v) is 7.87. The second kappa shape index (κ2) is 6.49. The summed E-state index contributed by atoms with van der Waals surface area (Å²) in [6.07, 6.45) is 1.63. The molecular formula is C19H15ClO4. The predicted molar refractivity (Wildman–Crippen MR) is 91.3 cm³/mol. The third-order valence-corrected chi connectivity index (χ3v) is 3.71. The summed E-state index contributed by atoms with van der Waals surface area (Å²) < 4.78 is 10.9. The van der Waals surface area contributed by atoms with Crippen LogP contribution in [-0.2, 0) is 4.79 Å². The number of allylic oxidation sites excluding steroid dienone is 1. The van der Waals surface area contributed by atoms with Crippen molar-refractivity contribution in [3.05, 3.63) is 64.4 Å². The highest BCUT2D eigenvalue weighted by Gasteiger charge is 2.28. The van der Waals surface area contributed by atoms with Gasteiger partial charge in [0, 0.05) is 11.1 Å². The fraction of sp³-hybridized carbons (Fsp3) is 0.158. The van der Waals surface area contributed by atoms with Crippen LogP contribution in [-0.4, -0.2) is 11.8 Å². The van der Waals surface area contributed by atoms with Gasteiger partial charge in [0.15, 0.2) is 5.76 Å². The monoisotopic (exact) mass is 342 g/mol. The number of carbonyl (C=O) groups is 2. The van der Waals surface area contributed by atoms with E-state index in [4.69, 9.17) is 21.1 Å². The summed E-state index contributed by atoms with van der Waals surface area (Å²) in [5.41, 5.74) is 1.21. The number of fused-ring (bicyclic) bond motifs is 1. The average Bonchev–Trinajstić information content (AvgIpc) is 2.83. The highest BCUT2D eigenvalue weighted by atomic mass is 35.5. The topological polar surface area (TPSA) is 52.6 Å². The van der Waals surface area contributed by atoms with Crippen molar-refractivity contribution in [3.8, 4) is 11.5 Å². The van der Waals surface area contributed by atoms with E-state index in [9.17, 15) is 9.59 Å². The van der Waals surface area contributed by atoms with Gasteiger partial charge in [-0.05, 0) is 35.9 Å². The minimum atomic E-state index is -0.339. The molecule has 1 heterocycles. The molecule has 122 valence electrons. The molecule has 5 heteroatoms. The van der Waals surface area contributed by atoms with Crippen molar-refractivity contribution in [2.24, 2.45) is 5.92 Å². The fourth-order valence-corrected chi connectivity index (χ4v) is 2.41. The van der Waals surface area contributed by atoms with Gasteiger partial charge in [0.05, 0.1) is 11.5 Å². The molecule has 3 rings (SSSR count). The molecule has 2 aromatic carbocycles. The van der Waals surface area contributed by atoms with Gasteiger partial charge < -0.3 is 9.47 Å². The van der Waals surface area contributed by atoms with Crippen molar-refractivity contribution in [1.29, 1.82) is 0 Å². The molecule has 0 radical (unpaired) electrons. The van der Waals surface area contributed by atoms with E-state index in [0.29, 0.717) is 22.1 Å². The lowest BCUT2D eigenvalue weighted by Gasteiger charge is -2.07. The molecule has 0 unspecified atom stereocenters. The zero-order valence-corrected chi connectivity index (χ0v) is 14.0. The SMILES string of the molecule is CC(C)C(=O)Oc1ccc2c(c1)OC(=Cc1cccc(Cl)c1)C2=O. The maximum Gasteiger partial charge on any atom is 0.313 e. The van der Waals surface area contributed by atoms with E-state index in [1.807, 2.05) is 6.07 Å². The zero-order valence-electron chi connectivity index (χ0n) is 13.2. The lowest BCUT2D eigenvalue weighted by Crippen LogP contribution is -2.14. The Bertz CT molecular complexity index is 852. The normalized spacial score (nSPS) is 14.7. The number of halogens is 1. The summed E-state index contributed by atoms with van der Waals surface area (Å²) in [4.78, 5) is 24.1. The molecule has 0 bridgehead atoms. The van der Waals surface area contributed by atoms with Crippen LogP contribution >= 0.6 is 11.6 Å². The molecular weight excluding hydrogens is 328 g/mol. The number of benzene rings is 2. The molecule has 1 aliphatic rings. The first-order valence-electron chi connectivity index (χ1n) is 7.49. The lowest BCUT2D eigenvalue weighted by atomic mass is 10.1. The number of carbonyl (C=O) groups excluding carboxylic acids is 2. The summed E-state index contributed by atoms with van der Waals surface area (Å²) in [6, 6.07) is 11.8. The van der Waals surface area contributed by atoms with Crippen LogP contribution < -0.4 is 9.47 Å². The quantitative estimate of drug-likeness (QED) is 0.467. The van der Waals surface area contributed by atoms with Gasteiger partial charge in [-0.1, -0.05) is 37.6 Å². The van der Waals surface area contributed by atoms with Crippen molar-refractivity contribution in [2.45, 2.75) is 13.8 Å². The average molecular weight is 343 g/mol. The maximum absolute atomic E-state index is 12.4. The molecule has 0 N–H and O–H groups in total. The van der Waals surface area contributed by atoms with E-state index in [1.54, 1.807) is 56.3 Å². The Labute approximate surface area is 144 Å². The van der Waals surface area contributed by atoms with Crippen LogP contribution in [0.2, 0.25) is 5.02 Å². The van der Waals surface area contributed by atoms with Crippen LogP contribution in [0.3, 0.4) is 0 Å². The van der Waals surface area contributed by atoms with Crippen molar-refractivity contribution >= 4 is 29.4 Å². The Kier molecular flexibility index (Phi) is 4.40. The van der Waals surface area contributed by atoms with Gasteiger partial charge in [0.1, 0.15) is 11.5 Å². The molecule has 0 aromatic heterocycles. The van der Waals surface area contributed by atoms with Crippen molar-refractivity contribution in [1.82, 2.24) is 0 Å². The number of Topliss-reactive ketones (excluding diaryl/α,β-unsaturated/α-hetero) is 1. The van der Waals surface area contributed by atoms with Gasteiger partial charge in [-0.3, -0.25) is 9.59 Å². The van der Waals surface area contributed by atoms with Gasteiger partial charge in [0.25, 0.3) is 0 Å². The Morgan fingerprint density at radius 1 is 1.21 bits per heavy atom. The smallest absolute Gasteiger partial charge is 0.313 e. The molecule has 1 aliphatic heterocycles. The lowest BCUT2D eigenvalue weighted by molar-refractivity contribution is -0.137. The second-order valence-corrected chi connectivity index (χ2v) is 6.16. The van der Waals surface area contributed by atoms with Crippen LogP contribution in [0.5, 0.6) is 11.5 Å². The summed E-state index contributed by atoms with van der Waals surface area (Å²) >= 11 is 5.95. The summed E-state index contributed by atoms with van der Waals surface area (Å²) in [5.74, 6) is 0.144. The molecule has 0 spiro atoms. The standard InChI is InChI=1S/C19H15ClO4/c1-11(2)19(22)23-14-6-7-15-16(10-14)24-17(18(15)21)9-12-4-3-5-13(20)8-12/h3-11H,1-2H3. The van der Waals surface area contributed by atoms with Crippen molar-refractivity contribution < 1.29 is 19.1 Å². The Morgan fingerprint density at radius 2 is 2.00 bits per heavy atom. The molecule has 0 saturated heterocycles. The summed E-state index contributed by atoms with van der Waals surface area (Å²) in [7, 11) is 0. The summed E-state index contributed by atoms with van der Waals surface area (Å²) in [6.45, 7) is 3.50. The van der Waals surface area contributed by atoms with E-state index in [0.717, 1.165) is 5.56 Å². The molecule has 0 aliphatic carbocycles. The van der Waals surface area contributed by atoms with E-state index in [2.05, 4.69) is 0 Å². The van der Waals surface area contributed by atoms with Crippen molar-refractivity contribution in [3.63, 3.8) is 0 Å². The molecule has 0 atom stereocenters. The van der Waals surface area contributed by atoms with E-state index in [-0.39, 0.29) is 23.4 Å². The van der Waals surface area contributed by atoms with Crippen molar-refractivity contribution in [2.75, 3.05) is 0 Å². The third-order valence-electron chi connectivity index (χ3n) is 3.48. The van der Waals surface area contributed by atoms with Gasteiger partial charge >= 0.3 is 5.97 Å². The first-order chi connectivity index (χ1) is 11.4. The van der Waals surface area contributed by atoms with E-state index < -0.39 is 0 Å². The highest BCUT2D eigenvalue weighted by Crippen LogP contribution is 2.35. The maximum atomic E-state index is 12.4. The second-order valence-electron chi connectivity index (χ2n) is 5.73. The van der Waals surface area contributed by atoms with Crippen LogP contribution in [0.25, 0.3) is 6.08 Å². The fourth-order valence-electron chi connectivity index (χ4n) is 2.21. The van der Waals surface area contributed by atoms with Gasteiger partial charge in [-0.2, -0.15) is 0 Å². The predicted octanol–water partition coefficient (Wildman–Crippen LogP) is 4.52. The number of ether oxygens (including phenoxy) is 2. The first kappa shape index (κ1) is 16.3. The number of hydrogen-bond acceptors (Lipinski definition) is 4. The molecule has 24 heavy (non-hydrogen) atoms. The van der Waals surface area contributed by atoms with Gasteiger partial charge in [-0.25, -0.2) is 0 Å². The highest BCUT2D eigenvalue weighted by molar-refractivity contribution is 6.30. The third kappa shape index (κ3) is 3.34. The largest absolute Gasteiger partial charge is 0.452 e. The minimum absolute atomic E-state index is 0.208. The van der Waals surface area contributed by atoms with Crippen LogP contribution in [0.1, 0.15) is 29.8 Å². The van der Waals surface area contributed by atoms with Crippen LogP contribution in [0.15, 0.2) is 48.2 Å². The molecule has 0 saturated carbocycles. The Hall–Kier alpha value is -2.59. The number of ketones is 1. The Morgan fingerprint density at radius 3 is 2.71 bits per heavy atom. The molecule has 4 nitrogen and oxygen atoms in total. The molecule has 0 fully saturated rings. The number of hydrogen-bond donors (Lipinski definition) is 0. The van der Waals surface area contributed by atoms with Gasteiger partial charge in [-0.15, -0.1) is 0 Å². The van der Waals surface area contributed by atoms with Crippen LogP contribution in [0, 0.1) is 5.92 Å². The number of esters is 1. The van der Waals surface area contributed by atoms with Crippen LogP contribution in [0.4, 0.5) is 0 Å². The zero-order chi connectivity index (χ0) is 17.3. The molecule has 2 aromatic rings. The van der Waals surface area contributed by atoms with Gasteiger partial charge in [0.2, 0.25) is 5.78 Å².